The lowest BCUT2D eigenvalue weighted by Crippen LogP contribution is -2.16. The van der Waals surface area contributed by atoms with Gasteiger partial charge in [-0.3, -0.25) is 4.79 Å². The third kappa shape index (κ3) is 3.73. The van der Waals surface area contributed by atoms with E-state index in [0.29, 0.717) is 10.7 Å². The fourth-order valence-electron chi connectivity index (χ4n) is 1.82. The summed E-state index contributed by atoms with van der Waals surface area (Å²) in [6.45, 7) is 2.84. The van der Waals surface area contributed by atoms with Crippen LogP contribution < -0.4 is 5.32 Å². The van der Waals surface area contributed by atoms with Gasteiger partial charge in [-0.25, -0.2) is 0 Å². The van der Waals surface area contributed by atoms with Crippen LogP contribution >= 0.6 is 34.2 Å². The predicted molar refractivity (Wildman–Crippen MR) is 86.8 cm³/mol. The van der Waals surface area contributed by atoms with Crippen LogP contribution in [0.25, 0.3) is 0 Å². The van der Waals surface area contributed by atoms with Crippen LogP contribution in [-0.4, -0.2) is 10.5 Å². The standard InChI is InChI=1S/C14H14ClIN2O/c1-2-7-18-9-10(15)8-13(18)14(19)17-12-5-3-11(16)4-6-12/h3-6,8-9H,2,7H2,1H3,(H,17,19). The maximum Gasteiger partial charge on any atom is 0.272 e. The number of nitrogens with zero attached hydrogens (tertiary/aromatic N) is 1. The van der Waals surface area contributed by atoms with Gasteiger partial charge in [0.15, 0.2) is 0 Å². The minimum Gasteiger partial charge on any atom is -0.342 e. The number of halogens is 2. The van der Waals surface area contributed by atoms with E-state index in [1.54, 1.807) is 12.3 Å². The number of nitrogens with one attached hydrogen (secondary N) is 1. The van der Waals surface area contributed by atoms with E-state index in [9.17, 15) is 4.79 Å². The average Bonchev–Trinajstić information content (AvgIpc) is 2.74. The molecule has 3 nitrogen and oxygen atoms in total. The Morgan fingerprint density at radius 2 is 2.05 bits per heavy atom. The van der Waals surface area contributed by atoms with Crippen molar-refractivity contribution in [1.29, 1.82) is 0 Å². The van der Waals surface area contributed by atoms with Gasteiger partial charge in [0, 0.05) is 22.0 Å². The average molecular weight is 389 g/mol. The molecule has 2 rings (SSSR count). The highest BCUT2D eigenvalue weighted by molar-refractivity contribution is 14.1. The number of carbonyl (C=O) groups is 1. The second-order valence-corrected chi connectivity index (χ2v) is 5.88. The molecule has 1 N–H and O–H groups in total. The maximum atomic E-state index is 12.2. The van der Waals surface area contributed by atoms with Crippen molar-refractivity contribution in [3.8, 4) is 0 Å². The molecule has 0 aliphatic rings. The van der Waals surface area contributed by atoms with Crippen LogP contribution in [0.4, 0.5) is 5.69 Å². The van der Waals surface area contributed by atoms with Crippen molar-refractivity contribution in [3.05, 3.63) is 50.8 Å². The summed E-state index contributed by atoms with van der Waals surface area (Å²) in [7, 11) is 0. The Labute approximate surface area is 131 Å². The van der Waals surface area contributed by atoms with Crippen molar-refractivity contribution in [2.24, 2.45) is 0 Å². The molecule has 2 aromatic rings. The highest BCUT2D eigenvalue weighted by Crippen LogP contribution is 2.17. The van der Waals surface area contributed by atoms with Gasteiger partial charge >= 0.3 is 0 Å². The highest BCUT2D eigenvalue weighted by Gasteiger charge is 2.13. The number of amides is 1. The van der Waals surface area contributed by atoms with Crippen LogP contribution in [0.15, 0.2) is 36.5 Å². The Bertz CT molecular complexity index is 578. The van der Waals surface area contributed by atoms with Crippen molar-refractivity contribution in [1.82, 2.24) is 4.57 Å². The number of aromatic nitrogens is 1. The minimum atomic E-state index is -0.137. The zero-order valence-corrected chi connectivity index (χ0v) is 13.4. The first kappa shape index (κ1) is 14.4. The van der Waals surface area contributed by atoms with Gasteiger partial charge in [-0.2, -0.15) is 0 Å². The Balaban J connectivity index is 2.17. The lowest BCUT2D eigenvalue weighted by Gasteiger charge is -2.08. The van der Waals surface area contributed by atoms with Crippen LogP contribution in [0, 0.1) is 3.57 Å². The van der Waals surface area contributed by atoms with Crippen LogP contribution in [0.1, 0.15) is 23.8 Å². The van der Waals surface area contributed by atoms with Crippen LogP contribution in [-0.2, 0) is 6.54 Å². The van der Waals surface area contributed by atoms with E-state index in [2.05, 4.69) is 34.8 Å². The molecular weight excluding hydrogens is 375 g/mol. The largest absolute Gasteiger partial charge is 0.342 e. The third-order valence-corrected chi connectivity index (χ3v) is 3.59. The number of anilines is 1. The first-order valence-electron chi connectivity index (χ1n) is 6.02. The molecule has 0 atom stereocenters. The van der Waals surface area contributed by atoms with Gasteiger partial charge < -0.3 is 9.88 Å². The molecule has 0 unspecified atom stereocenters. The fraction of sp³-hybridized carbons (Fsp3) is 0.214. The summed E-state index contributed by atoms with van der Waals surface area (Å²) in [6, 6.07) is 9.37. The smallest absolute Gasteiger partial charge is 0.272 e. The van der Waals surface area contributed by atoms with Crippen molar-refractivity contribution in [2.75, 3.05) is 5.32 Å². The van der Waals surface area contributed by atoms with Gasteiger partial charge in [0.25, 0.3) is 5.91 Å². The number of aryl methyl sites for hydroxylation is 1. The van der Waals surface area contributed by atoms with Gasteiger partial charge in [0.05, 0.1) is 5.02 Å². The topological polar surface area (TPSA) is 34.0 Å². The summed E-state index contributed by atoms with van der Waals surface area (Å²) in [4.78, 5) is 12.2. The number of hydrogen-bond donors (Lipinski definition) is 1. The van der Waals surface area contributed by atoms with Gasteiger partial charge in [-0.15, -0.1) is 0 Å². The van der Waals surface area contributed by atoms with E-state index >= 15 is 0 Å². The molecule has 0 saturated heterocycles. The molecule has 100 valence electrons. The summed E-state index contributed by atoms with van der Waals surface area (Å²) in [6.07, 6.45) is 2.74. The molecule has 1 aromatic heterocycles. The van der Waals surface area contributed by atoms with Crippen molar-refractivity contribution >= 4 is 45.8 Å². The highest BCUT2D eigenvalue weighted by atomic mass is 127. The summed E-state index contributed by atoms with van der Waals surface area (Å²) < 4.78 is 3.01. The van der Waals surface area contributed by atoms with E-state index < -0.39 is 0 Å². The summed E-state index contributed by atoms with van der Waals surface area (Å²) in [5.74, 6) is -0.137. The lowest BCUT2D eigenvalue weighted by molar-refractivity contribution is 0.101. The van der Waals surface area contributed by atoms with Gasteiger partial charge in [0.2, 0.25) is 0 Å². The molecular formula is C14H14ClIN2O. The summed E-state index contributed by atoms with van der Waals surface area (Å²) in [5.41, 5.74) is 1.37. The molecule has 1 amide bonds. The first-order valence-corrected chi connectivity index (χ1v) is 7.48. The van der Waals surface area contributed by atoms with Crippen LogP contribution in [0.3, 0.4) is 0 Å². The number of benzene rings is 1. The monoisotopic (exact) mass is 388 g/mol. The SMILES string of the molecule is CCCn1cc(Cl)cc1C(=O)Nc1ccc(I)cc1. The van der Waals surface area contributed by atoms with E-state index in [-0.39, 0.29) is 5.91 Å². The Morgan fingerprint density at radius 1 is 1.37 bits per heavy atom. The third-order valence-electron chi connectivity index (χ3n) is 2.66. The normalized spacial score (nSPS) is 10.5. The van der Waals surface area contributed by atoms with E-state index in [1.165, 1.54) is 0 Å². The predicted octanol–water partition coefficient (Wildman–Crippen LogP) is 4.41. The molecule has 0 radical (unpaired) electrons. The Kier molecular flexibility index (Phi) is 4.87. The molecule has 19 heavy (non-hydrogen) atoms. The molecule has 5 heteroatoms. The number of carbonyl (C=O) groups excluding carboxylic acids is 1. The van der Waals surface area contributed by atoms with E-state index in [4.69, 9.17) is 11.6 Å². The van der Waals surface area contributed by atoms with Gasteiger partial charge in [-0.05, 0) is 59.3 Å². The lowest BCUT2D eigenvalue weighted by atomic mass is 10.3. The van der Waals surface area contributed by atoms with Crippen molar-refractivity contribution in [2.45, 2.75) is 19.9 Å². The number of rotatable bonds is 4. The van der Waals surface area contributed by atoms with Crippen molar-refractivity contribution in [3.63, 3.8) is 0 Å². The zero-order valence-electron chi connectivity index (χ0n) is 10.5. The molecule has 0 aliphatic carbocycles. The van der Waals surface area contributed by atoms with Gasteiger partial charge in [0.1, 0.15) is 5.69 Å². The molecule has 0 bridgehead atoms. The molecule has 0 saturated carbocycles. The molecule has 0 spiro atoms. The molecule has 1 heterocycles. The quantitative estimate of drug-likeness (QED) is 0.774. The molecule has 0 aliphatic heterocycles. The maximum absolute atomic E-state index is 12.2. The number of hydrogen-bond acceptors (Lipinski definition) is 1. The van der Waals surface area contributed by atoms with E-state index in [1.807, 2.05) is 28.8 Å². The Morgan fingerprint density at radius 3 is 2.68 bits per heavy atom. The molecule has 1 aromatic carbocycles. The molecule has 0 fully saturated rings. The van der Waals surface area contributed by atoms with Crippen LogP contribution in [0.5, 0.6) is 0 Å². The fourth-order valence-corrected chi connectivity index (χ4v) is 2.40. The second-order valence-electron chi connectivity index (χ2n) is 4.20. The zero-order chi connectivity index (χ0) is 13.8. The van der Waals surface area contributed by atoms with Crippen molar-refractivity contribution < 1.29 is 4.79 Å². The van der Waals surface area contributed by atoms with Gasteiger partial charge in [-0.1, -0.05) is 18.5 Å². The first-order chi connectivity index (χ1) is 9.10. The summed E-state index contributed by atoms with van der Waals surface area (Å²) >= 11 is 8.19. The van der Waals surface area contributed by atoms with Crippen LogP contribution in [0.2, 0.25) is 5.02 Å². The van der Waals surface area contributed by atoms with E-state index in [0.717, 1.165) is 22.2 Å². The Hall–Kier alpha value is -1.01. The summed E-state index contributed by atoms with van der Waals surface area (Å²) in [5, 5.41) is 3.46. The second kappa shape index (κ2) is 6.43. The minimum absolute atomic E-state index is 0.137.